The first-order valence-corrected chi connectivity index (χ1v) is 6.60. The summed E-state index contributed by atoms with van der Waals surface area (Å²) in [6.07, 6.45) is 0.0250. The average molecular weight is 297 g/mol. The number of hydrogen-bond acceptors (Lipinski definition) is 3. The van der Waals surface area contributed by atoms with E-state index in [1.807, 2.05) is 0 Å². The summed E-state index contributed by atoms with van der Waals surface area (Å²) in [4.78, 5) is 22.9. The van der Waals surface area contributed by atoms with E-state index in [2.05, 4.69) is 5.32 Å². The third kappa shape index (κ3) is 5.81. The zero-order chi connectivity index (χ0) is 16.0. The number of ether oxygens (including phenoxy) is 1. The highest BCUT2D eigenvalue weighted by Crippen LogP contribution is 2.19. The van der Waals surface area contributed by atoms with Gasteiger partial charge in [-0.15, -0.1) is 0 Å². The molecule has 0 aromatic heterocycles. The predicted octanol–water partition coefficient (Wildman–Crippen LogP) is 2.21. The summed E-state index contributed by atoms with van der Waals surface area (Å²) in [5, 5.41) is 11.6. The number of halogens is 1. The number of nitrogens with one attached hydrogen (secondary N) is 1. The fourth-order valence-corrected chi connectivity index (χ4v) is 1.67. The summed E-state index contributed by atoms with van der Waals surface area (Å²) in [6.45, 7) is 5.30. The van der Waals surface area contributed by atoms with Crippen LogP contribution in [0.3, 0.4) is 0 Å². The molecule has 0 saturated heterocycles. The fraction of sp³-hybridized carbons (Fsp3) is 0.467. The zero-order valence-corrected chi connectivity index (χ0v) is 12.4. The molecule has 0 aliphatic carbocycles. The Hall–Kier alpha value is -2.11. The van der Waals surface area contributed by atoms with Crippen LogP contribution in [0.25, 0.3) is 0 Å². The monoisotopic (exact) mass is 297 g/mol. The molecule has 0 radical (unpaired) electrons. The van der Waals surface area contributed by atoms with Gasteiger partial charge in [0.1, 0.15) is 17.6 Å². The van der Waals surface area contributed by atoms with Gasteiger partial charge in [0.2, 0.25) is 5.91 Å². The van der Waals surface area contributed by atoms with Gasteiger partial charge >= 0.3 is 5.97 Å². The number of carboxylic acids is 1. The maximum absolute atomic E-state index is 12.7. The molecule has 0 aliphatic rings. The lowest BCUT2D eigenvalue weighted by atomic mass is 9.86. The van der Waals surface area contributed by atoms with E-state index in [-0.39, 0.29) is 18.8 Å². The molecule has 21 heavy (non-hydrogen) atoms. The molecule has 1 rings (SSSR count). The summed E-state index contributed by atoms with van der Waals surface area (Å²) in [5.41, 5.74) is -0.584. The molecule has 5 nitrogen and oxygen atoms in total. The second-order valence-electron chi connectivity index (χ2n) is 5.76. The summed E-state index contributed by atoms with van der Waals surface area (Å²) in [6, 6.07) is 4.48. The van der Waals surface area contributed by atoms with Crippen molar-refractivity contribution in [2.45, 2.75) is 33.2 Å². The Kier molecular flexibility index (Phi) is 5.69. The van der Waals surface area contributed by atoms with Gasteiger partial charge in [0.05, 0.1) is 13.0 Å². The molecule has 116 valence electrons. The number of carboxylic acid groups (broad SMARTS) is 1. The molecular formula is C15H20FNO4. The molecule has 1 aromatic rings. The maximum atomic E-state index is 12.7. The van der Waals surface area contributed by atoms with Crippen molar-refractivity contribution in [3.63, 3.8) is 0 Å². The number of carbonyl (C=O) groups is 2. The minimum Gasteiger partial charge on any atom is -0.493 e. The molecule has 1 aromatic carbocycles. The van der Waals surface area contributed by atoms with E-state index in [1.165, 1.54) is 24.3 Å². The van der Waals surface area contributed by atoms with Crippen LogP contribution >= 0.6 is 0 Å². The van der Waals surface area contributed by atoms with Crippen molar-refractivity contribution >= 4 is 11.9 Å². The van der Waals surface area contributed by atoms with E-state index in [9.17, 15) is 14.0 Å². The Balaban J connectivity index is 2.43. The number of rotatable bonds is 6. The van der Waals surface area contributed by atoms with Crippen LogP contribution in [0.5, 0.6) is 5.75 Å². The Bertz CT molecular complexity index is 493. The number of carbonyl (C=O) groups excluding carboxylic acids is 1. The van der Waals surface area contributed by atoms with E-state index in [0.29, 0.717) is 5.75 Å². The maximum Gasteiger partial charge on any atom is 0.326 e. The molecule has 2 N–H and O–H groups in total. The van der Waals surface area contributed by atoms with Gasteiger partial charge in [0, 0.05) is 0 Å². The molecule has 1 atom stereocenters. The molecule has 0 bridgehead atoms. The SMILES string of the molecule is CC(C)(C)[C@H](NC(=O)CCOc1ccc(F)cc1)C(=O)O. The van der Waals surface area contributed by atoms with Gasteiger partial charge in [0.25, 0.3) is 0 Å². The Morgan fingerprint density at radius 2 is 1.86 bits per heavy atom. The normalized spacial score (nSPS) is 12.6. The summed E-state index contributed by atoms with van der Waals surface area (Å²) >= 11 is 0. The molecule has 0 heterocycles. The number of aliphatic carboxylic acids is 1. The van der Waals surface area contributed by atoms with Crippen LogP contribution in [0.1, 0.15) is 27.2 Å². The summed E-state index contributed by atoms with van der Waals surface area (Å²) in [5.74, 6) is -1.39. The van der Waals surface area contributed by atoms with Crippen molar-refractivity contribution in [2.24, 2.45) is 5.41 Å². The average Bonchev–Trinajstić information content (AvgIpc) is 2.36. The van der Waals surface area contributed by atoms with E-state index < -0.39 is 23.3 Å². The van der Waals surface area contributed by atoms with Crippen molar-refractivity contribution in [2.75, 3.05) is 6.61 Å². The molecule has 0 unspecified atom stereocenters. The molecule has 0 aliphatic heterocycles. The lowest BCUT2D eigenvalue weighted by Gasteiger charge is -2.27. The second-order valence-corrected chi connectivity index (χ2v) is 5.76. The van der Waals surface area contributed by atoms with E-state index in [0.717, 1.165) is 0 Å². The lowest BCUT2D eigenvalue weighted by molar-refractivity contribution is -0.145. The van der Waals surface area contributed by atoms with Gasteiger partial charge in [-0.1, -0.05) is 20.8 Å². The Labute approximate surface area is 123 Å². The van der Waals surface area contributed by atoms with Crippen LogP contribution < -0.4 is 10.1 Å². The minimum atomic E-state index is -1.07. The minimum absolute atomic E-state index is 0.0250. The summed E-state index contributed by atoms with van der Waals surface area (Å²) in [7, 11) is 0. The van der Waals surface area contributed by atoms with Crippen LogP contribution in [0.4, 0.5) is 4.39 Å². The van der Waals surface area contributed by atoms with Crippen LogP contribution in [0, 0.1) is 11.2 Å². The quantitative estimate of drug-likeness (QED) is 0.844. The molecule has 0 spiro atoms. The third-order valence-electron chi connectivity index (χ3n) is 2.83. The smallest absolute Gasteiger partial charge is 0.326 e. The second kappa shape index (κ2) is 7.06. The third-order valence-corrected chi connectivity index (χ3v) is 2.83. The summed E-state index contributed by atoms with van der Waals surface area (Å²) < 4.78 is 18.0. The first-order valence-electron chi connectivity index (χ1n) is 6.60. The van der Waals surface area contributed by atoms with Crippen LogP contribution in [0.15, 0.2) is 24.3 Å². The largest absolute Gasteiger partial charge is 0.493 e. The van der Waals surface area contributed by atoms with Gasteiger partial charge in [-0.25, -0.2) is 9.18 Å². The highest BCUT2D eigenvalue weighted by atomic mass is 19.1. The van der Waals surface area contributed by atoms with Gasteiger partial charge < -0.3 is 15.2 Å². The Morgan fingerprint density at radius 3 is 2.33 bits per heavy atom. The molecule has 0 fully saturated rings. The highest BCUT2D eigenvalue weighted by Gasteiger charge is 2.32. The topological polar surface area (TPSA) is 75.6 Å². The predicted molar refractivity (Wildman–Crippen MR) is 75.5 cm³/mol. The van der Waals surface area contributed by atoms with Gasteiger partial charge in [0.15, 0.2) is 0 Å². The molecule has 0 saturated carbocycles. The molecule has 1 amide bonds. The van der Waals surface area contributed by atoms with E-state index in [4.69, 9.17) is 9.84 Å². The number of hydrogen-bond donors (Lipinski definition) is 2. The zero-order valence-electron chi connectivity index (χ0n) is 12.4. The van der Waals surface area contributed by atoms with Gasteiger partial charge in [-0.2, -0.15) is 0 Å². The van der Waals surface area contributed by atoms with Crippen LogP contribution in [-0.2, 0) is 9.59 Å². The first kappa shape index (κ1) is 16.9. The highest BCUT2D eigenvalue weighted by molar-refractivity contribution is 5.84. The van der Waals surface area contributed by atoms with Crippen molar-refractivity contribution < 1.29 is 23.8 Å². The van der Waals surface area contributed by atoms with Crippen molar-refractivity contribution in [3.05, 3.63) is 30.1 Å². The lowest BCUT2D eigenvalue weighted by Crippen LogP contribution is -2.49. The van der Waals surface area contributed by atoms with E-state index >= 15 is 0 Å². The number of benzene rings is 1. The van der Waals surface area contributed by atoms with Crippen molar-refractivity contribution in [1.29, 1.82) is 0 Å². The molecule has 6 heteroatoms. The fourth-order valence-electron chi connectivity index (χ4n) is 1.67. The standard InChI is InChI=1S/C15H20FNO4/c1-15(2,3)13(14(19)20)17-12(18)8-9-21-11-6-4-10(16)5-7-11/h4-7,13H,8-9H2,1-3H3,(H,17,18)(H,19,20)/t13-/m1/s1. The Morgan fingerprint density at radius 1 is 1.29 bits per heavy atom. The van der Waals surface area contributed by atoms with Crippen LogP contribution in [0.2, 0.25) is 0 Å². The van der Waals surface area contributed by atoms with Crippen LogP contribution in [-0.4, -0.2) is 29.6 Å². The number of amides is 1. The van der Waals surface area contributed by atoms with Gasteiger partial charge in [-0.05, 0) is 29.7 Å². The van der Waals surface area contributed by atoms with Gasteiger partial charge in [-0.3, -0.25) is 4.79 Å². The first-order chi connectivity index (χ1) is 9.70. The van der Waals surface area contributed by atoms with Crippen molar-refractivity contribution in [3.8, 4) is 5.75 Å². The molecular weight excluding hydrogens is 277 g/mol. The van der Waals surface area contributed by atoms with Crippen molar-refractivity contribution in [1.82, 2.24) is 5.32 Å². The van der Waals surface area contributed by atoms with E-state index in [1.54, 1.807) is 20.8 Å².